The van der Waals surface area contributed by atoms with Gasteiger partial charge in [-0.3, -0.25) is 14.9 Å². The summed E-state index contributed by atoms with van der Waals surface area (Å²) in [5.41, 5.74) is -1.49. The van der Waals surface area contributed by atoms with Crippen LogP contribution in [0.1, 0.15) is 11.1 Å². The van der Waals surface area contributed by atoms with E-state index in [1.54, 1.807) is 30.3 Å². The molecule has 1 amide bonds. The second-order valence-electron chi connectivity index (χ2n) is 6.98. The number of rotatable bonds is 6. The molecular weight excluding hydrogens is 635 g/mol. The molecule has 0 bridgehead atoms. The van der Waals surface area contributed by atoms with Crippen molar-refractivity contribution in [1.82, 2.24) is 0 Å². The standard InChI is InChI=1S/C23H11Br2ClF3N3O4/c24-17-8-12(7-13(11-30)22(33)31-16-4-2-15(26)3-5-16)9-18(25)21(17)36-20-6-1-14(23(27,28)29)10-19(20)32(34)35/h1-10H,(H,31,33)/b13-7+. The van der Waals surface area contributed by atoms with E-state index in [4.69, 9.17) is 16.3 Å². The number of amides is 1. The first kappa shape index (κ1) is 27.2. The van der Waals surface area contributed by atoms with Crippen molar-refractivity contribution in [2.75, 3.05) is 5.32 Å². The van der Waals surface area contributed by atoms with E-state index >= 15 is 0 Å². The number of hydrogen-bond donors (Lipinski definition) is 1. The largest absolute Gasteiger partial charge is 0.448 e. The quantitative estimate of drug-likeness (QED) is 0.126. The smallest absolute Gasteiger partial charge is 0.416 e. The van der Waals surface area contributed by atoms with Crippen molar-refractivity contribution < 1.29 is 27.6 Å². The van der Waals surface area contributed by atoms with Crippen LogP contribution in [0, 0.1) is 21.4 Å². The molecule has 3 aromatic rings. The Hall–Kier alpha value is -3.40. The van der Waals surface area contributed by atoms with Gasteiger partial charge in [0.05, 0.1) is 19.4 Å². The molecule has 0 unspecified atom stereocenters. The van der Waals surface area contributed by atoms with E-state index in [9.17, 15) is 33.3 Å². The van der Waals surface area contributed by atoms with Crippen LogP contribution in [0.4, 0.5) is 24.5 Å². The number of nitriles is 1. The van der Waals surface area contributed by atoms with E-state index in [-0.39, 0.29) is 20.3 Å². The van der Waals surface area contributed by atoms with E-state index in [0.717, 1.165) is 6.07 Å². The molecule has 0 aliphatic rings. The molecule has 0 saturated heterocycles. The normalized spacial score (nSPS) is 11.5. The predicted molar refractivity (Wildman–Crippen MR) is 134 cm³/mol. The molecule has 0 saturated carbocycles. The Labute approximate surface area is 223 Å². The third kappa shape index (κ3) is 6.63. The van der Waals surface area contributed by atoms with Crippen LogP contribution in [-0.4, -0.2) is 10.8 Å². The van der Waals surface area contributed by atoms with Crippen LogP contribution >= 0.6 is 43.5 Å². The Morgan fingerprint density at radius 2 is 1.72 bits per heavy atom. The lowest BCUT2D eigenvalue weighted by Crippen LogP contribution is -2.13. The fourth-order valence-electron chi connectivity index (χ4n) is 2.84. The summed E-state index contributed by atoms with van der Waals surface area (Å²) in [6, 6.07) is 12.9. The van der Waals surface area contributed by atoms with Crippen molar-refractivity contribution in [2.45, 2.75) is 6.18 Å². The van der Waals surface area contributed by atoms with Crippen LogP contribution in [0.2, 0.25) is 5.02 Å². The number of benzene rings is 3. The first-order valence-corrected chi connectivity index (χ1v) is 11.6. The van der Waals surface area contributed by atoms with Gasteiger partial charge in [0, 0.05) is 16.8 Å². The second-order valence-corrected chi connectivity index (χ2v) is 9.13. The molecule has 0 atom stereocenters. The van der Waals surface area contributed by atoms with Crippen molar-refractivity contribution in [3.63, 3.8) is 0 Å². The lowest BCUT2D eigenvalue weighted by molar-refractivity contribution is -0.385. The molecule has 13 heteroatoms. The van der Waals surface area contributed by atoms with Crippen molar-refractivity contribution in [3.05, 3.63) is 95.4 Å². The van der Waals surface area contributed by atoms with Crippen LogP contribution < -0.4 is 10.1 Å². The van der Waals surface area contributed by atoms with Crippen molar-refractivity contribution in [2.24, 2.45) is 0 Å². The monoisotopic (exact) mass is 643 g/mol. The van der Waals surface area contributed by atoms with Gasteiger partial charge in [-0.1, -0.05) is 11.6 Å². The number of alkyl halides is 3. The van der Waals surface area contributed by atoms with E-state index in [1.165, 1.54) is 18.2 Å². The lowest BCUT2D eigenvalue weighted by atomic mass is 10.1. The Morgan fingerprint density at radius 1 is 1.11 bits per heavy atom. The zero-order valence-electron chi connectivity index (χ0n) is 17.6. The molecule has 1 N–H and O–H groups in total. The highest BCUT2D eigenvalue weighted by Crippen LogP contribution is 2.42. The number of halogens is 6. The van der Waals surface area contributed by atoms with Gasteiger partial charge < -0.3 is 10.1 Å². The van der Waals surface area contributed by atoms with Crippen molar-refractivity contribution >= 4 is 66.8 Å². The van der Waals surface area contributed by atoms with E-state index in [1.807, 2.05) is 0 Å². The molecule has 7 nitrogen and oxygen atoms in total. The second kappa shape index (κ2) is 11.1. The first-order chi connectivity index (χ1) is 16.9. The third-order valence-electron chi connectivity index (χ3n) is 4.49. The Kier molecular flexibility index (Phi) is 8.39. The zero-order valence-corrected chi connectivity index (χ0v) is 21.5. The SMILES string of the molecule is N#C/C(=C\c1cc(Br)c(Oc2ccc(C(F)(F)F)cc2[N+](=O)[O-])c(Br)c1)C(=O)Nc1ccc(Cl)cc1. The summed E-state index contributed by atoms with van der Waals surface area (Å²) in [5, 5.41) is 23.8. The van der Waals surface area contributed by atoms with Gasteiger partial charge in [0.15, 0.2) is 5.75 Å². The highest BCUT2D eigenvalue weighted by molar-refractivity contribution is 9.11. The number of nitrogens with one attached hydrogen (secondary N) is 1. The molecule has 36 heavy (non-hydrogen) atoms. The summed E-state index contributed by atoms with van der Waals surface area (Å²) in [6.45, 7) is 0. The average Bonchev–Trinajstić information content (AvgIpc) is 2.80. The van der Waals surface area contributed by atoms with Crippen molar-refractivity contribution in [1.29, 1.82) is 5.26 Å². The topological polar surface area (TPSA) is 105 Å². The number of nitrogens with zero attached hydrogens (tertiary/aromatic N) is 2. The lowest BCUT2D eigenvalue weighted by Gasteiger charge is -2.13. The molecule has 0 radical (unpaired) electrons. The van der Waals surface area contributed by atoms with Gasteiger partial charge in [0.25, 0.3) is 5.91 Å². The minimum atomic E-state index is -4.77. The molecule has 0 aliphatic carbocycles. The first-order valence-electron chi connectivity index (χ1n) is 9.60. The number of nitro benzene ring substituents is 1. The minimum Gasteiger partial charge on any atom is -0.448 e. The molecule has 0 fully saturated rings. The van der Waals surface area contributed by atoms with Gasteiger partial charge in [-0.15, -0.1) is 0 Å². The Balaban J connectivity index is 1.90. The number of hydrogen-bond acceptors (Lipinski definition) is 5. The molecule has 3 rings (SSSR count). The number of ether oxygens (including phenoxy) is 1. The summed E-state index contributed by atoms with van der Waals surface area (Å²) in [5.74, 6) is -1.07. The Bertz CT molecular complexity index is 1400. The summed E-state index contributed by atoms with van der Waals surface area (Å²) in [7, 11) is 0. The van der Waals surface area contributed by atoms with Crippen LogP contribution in [0.5, 0.6) is 11.5 Å². The van der Waals surface area contributed by atoms with Gasteiger partial charge in [0.1, 0.15) is 11.6 Å². The fraction of sp³-hybridized carbons (Fsp3) is 0.0435. The molecule has 0 spiro atoms. The minimum absolute atomic E-state index is 0.0270. The maximum absolute atomic E-state index is 13.0. The third-order valence-corrected chi connectivity index (χ3v) is 5.92. The summed E-state index contributed by atoms with van der Waals surface area (Å²) >= 11 is 12.3. The number of carbonyl (C=O) groups excluding carboxylic acids is 1. The van der Waals surface area contributed by atoms with E-state index in [2.05, 4.69) is 37.2 Å². The average molecular weight is 646 g/mol. The van der Waals surface area contributed by atoms with Crippen LogP contribution in [0.25, 0.3) is 6.08 Å². The van der Waals surface area contributed by atoms with Gasteiger partial charge in [-0.2, -0.15) is 18.4 Å². The maximum atomic E-state index is 13.0. The van der Waals surface area contributed by atoms with Gasteiger partial charge in [-0.05, 0) is 92.0 Å². The van der Waals surface area contributed by atoms with E-state index in [0.29, 0.717) is 28.4 Å². The van der Waals surface area contributed by atoms with Gasteiger partial charge in [-0.25, -0.2) is 0 Å². The summed E-state index contributed by atoms with van der Waals surface area (Å²) in [4.78, 5) is 22.8. The molecule has 0 aromatic heterocycles. The molecular formula is C23H11Br2ClF3N3O4. The maximum Gasteiger partial charge on any atom is 0.416 e. The van der Waals surface area contributed by atoms with Gasteiger partial charge in [0.2, 0.25) is 5.75 Å². The fourth-order valence-corrected chi connectivity index (χ4v) is 4.35. The van der Waals surface area contributed by atoms with Crippen LogP contribution in [0.3, 0.4) is 0 Å². The molecule has 3 aromatic carbocycles. The van der Waals surface area contributed by atoms with Crippen molar-refractivity contribution in [3.8, 4) is 17.6 Å². The summed E-state index contributed by atoms with van der Waals surface area (Å²) in [6.07, 6.45) is -3.47. The summed E-state index contributed by atoms with van der Waals surface area (Å²) < 4.78 is 44.9. The molecule has 0 heterocycles. The van der Waals surface area contributed by atoms with Crippen LogP contribution in [-0.2, 0) is 11.0 Å². The predicted octanol–water partition coefficient (Wildman–Crippen LogP) is 8.13. The highest BCUT2D eigenvalue weighted by Gasteiger charge is 2.33. The van der Waals surface area contributed by atoms with Gasteiger partial charge >= 0.3 is 11.9 Å². The van der Waals surface area contributed by atoms with E-state index < -0.39 is 34.0 Å². The highest BCUT2D eigenvalue weighted by atomic mass is 79.9. The number of anilines is 1. The molecule has 184 valence electrons. The molecule has 0 aliphatic heterocycles. The zero-order chi connectivity index (χ0) is 26.6. The van der Waals surface area contributed by atoms with Crippen LogP contribution in [0.15, 0.2) is 69.1 Å². The Morgan fingerprint density at radius 3 is 2.25 bits per heavy atom. The number of nitro groups is 1. The number of carbonyl (C=O) groups is 1.